The van der Waals surface area contributed by atoms with Crippen LogP contribution in [0.15, 0.2) is 83.3 Å². The molecule has 1 aliphatic rings. The van der Waals surface area contributed by atoms with Gasteiger partial charge in [-0.1, -0.05) is 36.4 Å². The number of amides is 2. The van der Waals surface area contributed by atoms with Gasteiger partial charge in [0.2, 0.25) is 5.91 Å². The Balaban J connectivity index is 1.30. The van der Waals surface area contributed by atoms with Crippen molar-refractivity contribution in [2.75, 3.05) is 13.1 Å². The summed E-state index contributed by atoms with van der Waals surface area (Å²) in [5, 5.41) is 8.17. The molecule has 4 heterocycles. The van der Waals surface area contributed by atoms with Gasteiger partial charge in [0.05, 0.1) is 18.1 Å². The number of aromatic nitrogens is 2. The van der Waals surface area contributed by atoms with E-state index in [4.69, 9.17) is 0 Å². The number of fused-ring (bicyclic) bond motifs is 1. The summed E-state index contributed by atoms with van der Waals surface area (Å²) in [6.45, 7) is -0.257. The maximum Gasteiger partial charge on any atom is 0.270 e. The summed E-state index contributed by atoms with van der Waals surface area (Å²) in [5.41, 5.74) is 0.826. The maximum atomic E-state index is 13.4. The number of sulfonamides is 1. The Morgan fingerprint density at radius 3 is 2.65 bits per heavy atom. The number of hydrogen-bond donors (Lipinski definition) is 2. The van der Waals surface area contributed by atoms with Crippen LogP contribution in [0.25, 0.3) is 10.9 Å². The lowest BCUT2D eigenvalue weighted by molar-refractivity contribution is -0.128. The van der Waals surface area contributed by atoms with Crippen molar-refractivity contribution in [2.45, 2.75) is 36.4 Å². The molecule has 0 spiro atoms. The summed E-state index contributed by atoms with van der Waals surface area (Å²) in [4.78, 5) is 48.9. The average molecular weight is 578 g/mol. The lowest BCUT2D eigenvalue weighted by atomic mass is 10.1. The number of carbonyl (C=O) groups excluding carboxylic acids is 3. The third-order valence-electron chi connectivity index (χ3n) is 6.62. The minimum Gasteiger partial charge on any atom is -0.344 e. The number of nitrogens with zero attached hydrogens (tertiary/aromatic N) is 3. The molecule has 2 atom stereocenters. The molecule has 1 unspecified atom stereocenters. The summed E-state index contributed by atoms with van der Waals surface area (Å²) in [6.07, 6.45) is 2.24. The van der Waals surface area contributed by atoms with Crippen LogP contribution >= 0.6 is 11.3 Å². The molecular weight excluding hydrogens is 550 g/mol. The quantitative estimate of drug-likeness (QED) is 0.328. The van der Waals surface area contributed by atoms with Gasteiger partial charge in [-0.15, -0.1) is 11.3 Å². The van der Waals surface area contributed by atoms with Gasteiger partial charge in [0.25, 0.3) is 15.9 Å². The predicted molar refractivity (Wildman–Crippen MR) is 150 cm³/mol. The van der Waals surface area contributed by atoms with E-state index in [9.17, 15) is 22.8 Å². The molecule has 1 aliphatic heterocycles. The van der Waals surface area contributed by atoms with Crippen LogP contribution < -0.4 is 10.6 Å². The van der Waals surface area contributed by atoms with Crippen LogP contribution in [0.4, 0.5) is 0 Å². The molecule has 5 rings (SSSR count). The third-order valence-corrected chi connectivity index (χ3v) is 9.28. The van der Waals surface area contributed by atoms with Crippen molar-refractivity contribution >= 4 is 49.9 Å². The molecule has 0 aliphatic carbocycles. The number of ketones is 1. The Kier molecular flexibility index (Phi) is 8.29. The van der Waals surface area contributed by atoms with Gasteiger partial charge in [-0.3, -0.25) is 14.4 Å². The van der Waals surface area contributed by atoms with Gasteiger partial charge in [-0.05, 0) is 48.6 Å². The summed E-state index contributed by atoms with van der Waals surface area (Å²) in [7, 11) is -3.96. The van der Waals surface area contributed by atoms with Gasteiger partial charge < -0.3 is 10.6 Å². The van der Waals surface area contributed by atoms with Crippen LogP contribution in [0.2, 0.25) is 0 Å². The first-order chi connectivity index (χ1) is 19.3. The Labute approximate surface area is 235 Å². The first-order valence-electron chi connectivity index (χ1n) is 12.7. The third kappa shape index (κ3) is 6.24. The van der Waals surface area contributed by atoms with Crippen LogP contribution in [0.3, 0.4) is 0 Å². The number of benzene rings is 1. The number of rotatable bonds is 8. The summed E-state index contributed by atoms with van der Waals surface area (Å²) < 4.78 is 27.1. The molecule has 3 aromatic heterocycles. The highest BCUT2D eigenvalue weighted by molar-refractivity contribution is 7.89. The first kappa shape index (κ1) is 27.6. The van der Waals surface area contributed by atoms with Gasteiger partial charge in [0.1, 0.15) is 11.7 Å². The minimum absolute atomic E-state index is 0.125. The number of carbonyl (C=O) groups is 3. The molecule has 12 heteroatoms. The molecule has 10 nitrogen and oxygen atoms in total. The van der Waals surface area contributed by atoms with E-state index in [1.165, 1.54) is 23.6 Å². The highest BCUT2D eigenvalue weighted by atomic mass is 32.2. The van der Waals surface area contributed by atoms with Gasteiger partial charge in [0.15, 0.2) is 10.8 Å². The SMILES string of the molecule is O=C(N[C@@H](Cc1cccs1)C(=O)NC1CCCN(S(=O)(=O)c2ccccn2)CC1=O)c1ccc2ccccc2n1. The zero-order valence-corrected chi connectivity index (χ0v) is 23.0. The van der Waals surface area contributed by atoms with Crippen LogP contribution in [-0.4, -0.2) is 65.5 Å². The molecule has 0 saturated carbocycles. The second-order valence-electron chi connectivity index (χ2n) is 9.38. The lowest BCUT2D eigenvalue weighted by Crippen LogP contribution is -2.53. The van der Waals surface area contributed by atoms with Gasteiger partial charge >= 0.3 is 0 Å². The smallest absolute Gasteiger partial charge is 0.270 e. The van der Waals surface area contributed by atoms with Crippen LogP contribution in [0, 0.1) is 0 Å². The number of pyridine rings is 2. The number of hydrogen-bond acceptors (Lipinski definition) is 8. The molecule has 40 heavy (non-hydrogen) atoms. The number of Topliss-reactive ketones (excluding diaryl/α,β-unsaturated/α-hetero) is 1. The van der Waals surface area contributed by atoms with Gasteiger partial charge in [-0.2, -0.15) is 4.31 Å². The summed E-state index contributed by atoms with van der Waals surface area (Å²) >= 11 is 1.45. The second-order valence-corrected chi connectivity index (χ2v) is 12.3. The maximum absolute atomic E-state index is 13.4. The van der Waals surface area contributed by atoms with E-state index in [0.29, 0.717) is 11.9 Å². The molecule has 206 valence electrons. The van der Waals surface area contributed by atoms with E-state index in [1.807, 2.05) is 35.7 Å². The highest BCUT2D eigenvalue weighted by Gasteiger charge is 2.35. The van der Waals surface area contributed by atoms with E-state index >= 15 is 0 Å². The Bertz CT molecular complexity index is 1630. The average Bonchev–Trinajstić information content (AvgIpc) is 3.41. The van der Waals surface area contributed by atoms with Crippen molar-refractivity contribution in [3.05, 3.63) is 88.9 Å². The summed E-state index contributed by atoms with van der Waals surface area (Å²) in [5.74, 6) is -1.47. The highest BCUT2D eigenvalue weighted by Crippen LogP contribution is 2.19. The first-order valence-corrected chi connectivity index (χ1v) is 15.1. The minimum atomic E-state index is -3.96. The second kappa shape index (κ2) is 12.0. The van der Waals surface area contributed by atoms with E-state index in [-0.39, 0.29) is 36.7 Å². The van der Waals surface area contributed by atoms with Crippen molar-refractivity contribution in [1.82, 2.24) is 24.9 Å². The zero-order chi connectivity index (χ0) is 28.1. The van der Waals surface area contributed by atoms with E-state index in [0.717, 1.165) is 14.6 Å². The van der Waals surface area contributed by atoms with Crippen LogP contribution in [0.1, 0.15) is 28.2 Å². The fourth-order valence-corrected chi connectivity index (χ4v) is 6.65. The van der Waals surface area contributed by atoms with Crippen LogP contribution in [0.5, 0.6) is 0 Å². The molecule has 1 fully saturated rings. The van der Waals surface area contributed by atoms with Gasteiger partial charge in [-0.25, -0.2) is 18.4 Å². The van der Waals surface area contributed by atoms with Crippen molar-refractivity contribution in [3.63, 3.8) is 0 Å². The van der Waals surface area contributed by atoms with Gasteiger partial charge in [0, 0.05) is 29.4 Å². The fraction of sp³-hybridized carbons (Fsp3) is 0.250. The molecule has 2 N–H and O–H groups in total. The molecule has 0 bridgehead atoms. The van der Waals surface area contributed by atoms with Crippen molar-refractivity contribution < 1.29 is 22.8 Å². The van der Waals surface area contributed by atoms with E-state index in [2.05, 4.69) is 20.6 Å². The molecule has 4 aromatic rings. The largest absolute Gasteiger partial charge is 0.344 e. The van der Waals surface area contributed by atoms with Crippen molar-refractivity contribution in [3.8, 4) is 0 Å². The number of nitrogens with one attached hydrogen (secondary N) is 2. The van der Waals surface area contributed by atoms with E-state index in [1.54, 1.807) is 30.3 Å². The predicted octanol–water partition coefficient (Wildman–Crippen LogP) is 2.57. The molecule has 1 aromatic carbocycles. The normalized spacial score (nSPS) is 17.2. The van der Waals surface area contributed by atoms with Crippen molar-refractivity contribution in [1.29, 1.82) is 0 Å². The van der Waals surface area contributed by atoms with Crippen molar-refractivity contribution in [2.24, 2.45) is 0 Å². The standard InChI is InChI=1S/C28H27N5O5S2/c34-25-18-33(40(37,38)26-11-3-4-14-29-26)15-5-10-22(25)31-28(36)24(17-20-8-6-16-39-20)32-27(35)23-13-12-19-7-1-2-9-21(19)30-23/h1-4,6-9,11-14,16,22,24H,5,10,15,17-18H2,(H,31,36)(H,32,35)/t22?,24-/m0/s1. The molecule has 1 saturated heterocycles. The summed E-state index contributed by atoms with van der Waals surface area (Å²) in [6, 6.07) is 17.2. The lowest BCUT2D eigenvalue weighted by Gasteiger charge is -2.22. The monoisotopic (exact) mass is 577 g/mol. The number of thiophene rings is 1. The molecular formula is C28H27N5O5S2. The molecule has 2 amide bonds. The fourth-order valence-electron chi connectivity index (χ4n) is 4.52. The Hall–Kier alpha value is -4.00. The number of para-hydroxylation sites is 1. The topological polar surface area (TPSA) is 138 Å². The van der Waals surface area contributed by atoms with Crippen LogP contribution in [-0.2, 0) is 26.0 Å². The Morgan fingerprint density at radius 2 is 1.88 bits per heavy atom. The Morgan fingerprint density at radius 1 is 1.05 bits per heavy atom. The zero-order valence-electron chi connectivity index (χ0n) is 21.4. The van der Waals surface area contributed by atoms with E-state index < -0.39 is 39.7 Å². The molecule has 0 radical (unpaired) electrons.